The number of imidazole rings is 1. The van der Waals surface area contributed by atoms with E-state index in [2.05, 4.69) is 30.5 Å². The van der Waals surface area contributed by atoms with Crippen LogP contribution in [0.2, 0.25) is 5.02 Å². The number of aromatic nitrogens is 4. The highest BCUT2D eigenvalue weighted by molar-refractivity contribution is 6.32. The Hall–Kier alpha value is -4.38. The second kappa shape index (κ2) is 10.4. The number of nitrogens with one attached hydrogen (secondary N) is 2. The highest BCUT2D eigenvalue weighted by atomic mass is 35.5. The number of methoxy groups -OCH3 is 1. The van der Waals surface area contributed by atoms with Crippen LogP contribution in [0.4, 0.5) is 17.3 Å². The molecule has 0 spiro atoms. The van der Waals surface area contributed by atoms with E-state index in [1.807, 2.05) is 51.9 Å². The predicted octanol–water partition coefficient (Wildman–Crippen LogP) is 3.12. The molecule has 2 N–H and O–H groups in total. The molecule has 1 aromatic carbocycles. The third-order valence-corrected chi connectivity index (χ3v) is 7.36. The maximum atomic E-state index is 12.7. The largest absolute Gasteiger partial charge is 0.494 e. The Morgan fingerprint density at radius 2 is 1.97 bits per heavy atom. The van der Waals surface area contributed by atoms with Crippen molar-refractivity contribution in [3.05, 3.63) is 60.0 Å². The van der Waals surface area contributed by atoms with Gasteiger partial charge in [-0.05, 0) is 30.7 Å². The zero-order chi connectivity index (χ0) is 26.9. The number of hydrogen-bond donors (Lipinski definition) is 2. The number of ether oxygens (including phenoxy) is 1. The average Bonchev–Trinajstić information content (AvgIpc) is 3.60. The molecule has 1 atom stereocenters. The summed E-state index contributed by atoms with van der Waals surface area (Å²) < 4.78 is 7.60. The topological polar surface area (TPSA) is 117 Å². The van der Waals surface area contributed by atoms with E-state index in [-0.39, 0.29) is 11.8 Å². The summed E-state index contributed by atoms with van der Waals surface area (Å²) in [5.41, 5.74) is 3.81. The summed E-state index contributed by atoms with van der Waals surface area (Å²) in [6, 6.07) is 11.2. The van der Waals surface area contributed by atoms with Crippen molar-refractivity contribution in [3.63, 3.8) is 0 Å². The van der Waals surface area contributed by atoms with Crippen molar-refractivity contribution in [2.45, 2.75) is 18.9 Å². The Kier molecular flexibility index (Phi) is 6.65. The van der Waals surface area contributed by atoms with Crippen molar-refractivity contribution >= 4 is 46.4 Å². The monoisotopic (exact) mass is 546 g/mol. The normalized spacial score (nSPS) is 17.4. The van der Waals surface area contributed by atoms with Crippen LogP contribution in [-0.2, 0) is 9.59 Å². The van der Waals surface area contributed by atoms with Crippen molar-refractivity contribution < 1.29 is 14.3 Å². The van der Waals surface area contributed by atoms with Crippen LogP contribution < -0.4 is 20.3 Å². The number of pyridine rings is 1. The number of amides is 2. The summed E-state index contributed by atoms with van der Waals surface area (Å²) in [5.74, 6) is 0.958. The van der Waals surface area contributed by atoms with Crippen LogP contribution in [0.1, 0.15) is 12.8 Å². The second-order valence-electron chi connectivity index (χ2n) is 9.44. The number of anilines is 3. The summed E-state index contributed by atoms with van der Waals surface area (Å²) in [6.07, 6.45) is 6.20. The van der Waals surface area contributed by atoms with E-state index in [1.54, 1.807) is 19.5 Å². The van der Waals surface area contributed by atoms with E-state index in [0.717, 1.165) is 17.0 Å². The van der Waals surface area contributed by atoms with Crippen LogP contribution in [0.25, 0.3) is 17.0 Å². The number of halogens is 1. The zero-order valence-corrected chi connectivity index (χ0v) is 22.1. The maximum absolute atomic E-state index is 12.7. The van der Waals surface area contributed by atoms with Crippen LogP contribution in [0.5, 0.6) is 5.75 Å². The van der Waals surface area contributed by atoms with Crippen LogP contribution in [0.3, 0.4) is 0 Å². The summed E-state index contributed by atoms with van der Waals surface area (Å²) in [4.78, 5) is 41.7. The number of fused-ring (bicyclic) bond motifs is 1. The molecule has 39 heavy (non-hydrogen) atoms. The van der Waals surface area contributed by atoms with Gasteiger partial charge in [0.15, 0.2) is 0 Å². The van der Waals surface area contributed by atoms with Crippen LogP contribution in [0.15, 0.2) is 55.0 Å². The smallest absolute Gasteiger partial charge is 0.245 e. The molecule has 0 aliphatic carbocycles. The van der Waals surface area contributed by atoms with E-state index in [4.69, 9.17) is 16.3 Å². The van der Waals surface area contributed by atoms with Gasteiger partial charge >= 0.3 is 0 Å². The fourth-order valence-electron chi connectivity index (χ4n) is 5.02. The molecule has 0 saturated carbocycles. The SMILES string of the molecule is COc1cc(N2CCN(C(=O)[C@@H]3CCC(=O)N3)CC2)ccc1Nc1ncc(Cl)c(-c2cnc3ccccn23)n1. The summed E-state index contributed by atoms with van der Waals surface area (Å²) in [6.45, 7) is 2.56. The number of nitrogens with zero attached hydrogens (tertiary/aromatic N) is 6. The van der Waals surface area contributed by atoms with Gasteiger partial charge in [0, 0.05) is 50.6 Å². The molecule has 2 amide bonds. The average molecular weight is 547 g/mol. The third kappa shape index (κ3) is 4.92. The van der Waals surface area contributed by atoms with Crippen LogP contribution >= 0.6 is 11.6 Å². The molecule has 2 saturated heterocycles. The molecular formula is C27H27ClN8O3. The summed E-state index contributed by atoms with van der Waals surface area (Å²) in [5, 5.41) is 6.43. The minimum absolute atomic E-state index is 0.00360. The highest BCUT2D eigenvalue weighted by Crippen LogP contribution is 2.33. The van der Waals surface area contributed by atoms with E-state index in [1.165, 1.54) is 0 Å². The molecule has 4 aromatic rings. The van der Waals surface area contributed by atoms with Crippen molar-refractivity contribution in [3.8, 4) is 17.1 Å². The van der Waals surface area contributed by atoms with Gasteiger partial charge in [-0.25, -0.2) is 15.0 Å². The molecule has 2 aliphatic heterocycles. The lowest BCUT2D eigenvalue weighted by Gasteiger charge is -2.37. The molecule has 0 unspecified atom stereocenters. The molecule has 200 valence electrons. The molecule has 5 heterocycles. The van der Waals surface area contributed by atoms with Gasteiger partial charge in [0.1, 0.15) is 23.1 Å². The van der Waals surface area contributed by atoms with Crippen LogP contribution in [0, 0.1) is 0 Å². The standard InChI is InChI=1S/C27H27ClN8O3/c1-39-22-14-17(34-10-12-35(13-11-34)26(38)20-7-8-24(37)31-20)5-6-19(22)32-27-30-15-18(28)25(33-27)21-16-29-23-4-2-3-9-36(21)23/h2-6,9,14-16,20H,7-8,10-13H2,1H3,(H,31,37)(H,30,32,33)/t20-/m0/s1. The first-order valence-electron chi connectivity index (χ1n) is 12.7. The molecule has 2 fully saturated rings. The van der Waals surface area contributed by atoms with Crippen molar-refractivity contribution in [1.29, 1.82) is 0 Å². The van der Waals surface area contributed by atoms with Crippen molar-refractivity contribution in [1.82, 2.24) is 29.6 Å². The van der Waals surface area contributed by atoms with Crippen LogP contribution in [-0.4, -0.2) is 75.4 Å². The Labute approximate surface area is 229 Å². The first kappa shape index (κ1) is 24.9. The molecule has 2 aliphatic rings. The lowest BCUT2D eigenvalue weighted by atomic mass is 10.1. The molecule has 11 nitrogen and oxygen atoms in total. The van der Waals surface area contributed by atoms with E-state index in [9.17, 15) is 9.59 Å². The maximum Gasteiger partial charge on any atom is 0.245 e. The Bertz CT molecular complexity index is 1550. The molecule has 0 bridgehead atoms. The molecule has 3 aromatic heterocycles. The van der Waals surface area contributed by atoms with Gasteiger partial charge in [-0.1, -0.05) is 17.7 Å². The number of benzene rings is 1. The van der Waals surface area contributed by atoms with E-state index >= 15 is 0 Å². The van der Waals surface area contributed by atoms with Gasteiger partial charge in [-0.3, -0.25) is 14.0 Å². The number of carbonyl (C=O) groups excluding carboxylic acids is 2. The van der Waals surface area contributed by atoms with Gasteiger partial charge in [0.2, 0.25) is 17.8 Å². The van der Waals surface area contributed by atoms with E-state index in [0.29, 0.717) is 67.1 Å². The number of carbonyl (C=O) groups is 2. The highest BCUT2D eigenvalue weighted by Gasteiger charge is 2.32. The Balaban J connectivity index is 1.16. The van der Waals surface area contributed by atoms with Gasteiger partial charge in [0.25, 0.3) is 0 Å². The number of piperazine rings is 1. The zero-order valence-electron chi connectivity index (χ0n) is 21.3. The van der Waals surface area contributed by atoms with Gasteiger partial charge in [-0.2, -0.15) is 0 Å². The first-order chi connectivity index (χ1) is 19.0. The van der Waals surface area contributed by atoms with Crippen molar-refractivity contribution in [2.75, 3.05) is 43.5 Å². The predicted molar refractivity (Wildman–Crippen MR) is 147 cm³/mol. The minimum Gasteiger partial charge on any atom is -0.494 e. The summed E-state index contributed by atoms with van der Waals surface area (Å²) >= 11 is 6.46. The Morgan fingerprint density at radius 1 is 1.13 bits per heavy atom. The van der Waals surface area contributed by atoms with Gasteiger partial charge in [0.05, 0.1) is 35.9 Å². The quantitative estimate of drug-likeness (QED) is 0.379. The number of hydrogen-bond acceptors (Lipinski definition) is 8. The lowest BCUT2D eigenvalue weighted by Crippen LogP contribution is -2.53. The van der Waals surface area contributed by atoms with E-state index < -0.39 is 6.04 Å². The second-order valence-corrected chi connectivity index (χ2v) is 9.85. The lowest BCUT2D eigenvalue weighted by molar-refractivity contribution is -0.134. The molecule has 6 rings (SSSR count). The molecule has 0 radical (unpaired) electrons. The number of rotatable bonds is 6. The van der Waals surface area contributed by atoms with Gasteiger partial charge in [-0.15, -0.1) is 0 Å². The fraction of sp³-hybridized carbons (Fsp3) is 0.296. The minimum atomic E-state index is -0.391. The summed E-state index contributed by atoms with van der Waals surface area (Å²) in [7, 11) is 1.61. The molecular weight excluding hydrogens is 520 g/mol. The molecule has 12 heteroatoms. The van der Waals surface area contributed by atoms with Gasteiger partial charge < -0.3 is 25.2 Å². The first-order valence-corrected chi connectivity index (χ1v) is 13.1. The van der Waals surface area contributed by atoms with Crippen molar-refractivity contribution in [2.24, 2.45) is 0 Å². The fourth-order valence-corrected chi connectivity index (χ4v) is 5.21. The Morgan fingerprint density at radius 3 is 2.74 bits per heavy atom. The third-order valence-electron chi connectivity index (χ3n) is 7.09.